The average molecular weight is 370 g/mol. The predicted octanol–water partition coefficient (Wildman–Crippen LogP) is 3.48. The van der Waals surface area contributed by atoms with E-state index in [2.05, 4.69) is 5.32 Å². The van der Waals surface area contributed by atoms with Crippen molar-refractivity contribution in [3.05, 3.63) is 52.2 Å². The summed E-state index contributed by atoms with van der Waals surface area (Å²) in [6, 6.07) is 8.07. The van der Waals surface area contributed by atoms with Crippen LogP contribution >= 0.6 is 11.3 Å². The molecule has 1 N–H and O–H groups in total. The summed E-state index contributed by atoms with van der Waals surface area (Å²) in [6.45, 7) is 1.72. The highest BCUT2D eigenvalue weighted by atomic mass is 32.1. The SMILES string of the molecule is CC(=O)N(CCNC(=O)Cc1cccs1)c1ccc(C(F)(F)F)cc1. The fourth-order valence-corrected chi connectivity index (χ4v) is 2.94. The number of rotatable bonds is 6. The molecule has 0 fully saturated rings. The van der Waals surface area contributed by atoms with Crippen LogP contribution in [0.5, 0.6) is 0 Å². The van der Waals surface area contributed by atoms with Crippen molar-refractivity contribution in [3.8, 4) is 0 Å². The van der Waals surface area contributed by atoms with Gasteiger partial charge in [0.15, 0.2) is 0 Å². The first-order chi connectivity index (χ1) is 11.8. The van der Waals surface area contributed by atoms with Crippen molar-refractivity contribution in [3.63, 3.8) is 0 Å². The molecule has 8 heteroatoms. The Bertz CT molecular complexity index is 712. The molecule has 0 saturated heterocycles. The van der Waals surface area contributed by atoms with Crippen LogP contribution in [0.4, 0.5) is 18.9 Å². The molecule has 0 aliphatic heterocycles. The maximum atomic E-state index is 12.6. The van der Waals surface area contributed by atoms with Gasteiger partial charge in [0.2, 0.25) is 11.8 Å². The van der Waals surface area contributed by atoms with Gasteiger partial charge in [-0.2, -0.15) is 13.2 Å². The summed E-state index contributed by atoms with van der Waals surface area (Å²) in [5.74, 6) is -0.481. The molecule has 0 spiro atoms. The van der Waals surface area contributed by atoms with E-state index in [1.165, 1.54) is 35.3 Å². The summed E-state index contributed by atoms with van der Waals surface area (Å²) < 4.78 is 37.8. The van der Waals surface area contributed by atoms with E-state index >= 15 is 0 Å². The lowest BCUT2D eigenvalue weighted by Gasteiger charge is -2.22. The molecule has 0 aliphatic carbocycles. The molecule has 4 nitrogen and oxygen atoms in total. The summed E-state index contributed by atoms with van der Waals surface area (Å²) in [4.78, 5) is 25.8. The first-order valence-electron chi connectivity index (χ1n) is 7.52. The van der Waals surface area contributed by atoms with Gasteiger partial charge in [0, 0.05) is 30.6 Å². The molecule has 134 valence electrons. The quantitative estimate of drug-likeness (QED) is 0.846. The Morgan fingerprint density at radius 3 is 2.36 bits per heavy atom. The van der Waals surface area contributed by atoms with E-state index in [1.54, 1.807) is 0 Å². The predicted molar refractivity (Wildman–Crippen MR) is 90.5 cm³/mol. The maximum Gasteiger partial charge on any atom is 0.416 e. The van der Waals surface area contributed by atoms with Gasteiger partial charge in [-0.05, 0) is 35.7 Å². The minimum Gasteiger partial charge on any atom is -0.354 e. The van der Waals surface area contributed by atoms with Crippen LogP contribution < -0.4 is 10.2 Å². The van der Waals surface area contributed by atoms with Crippen LogP contribution in [0.3, 0.4) is 0 Å². The monoisotopic (exact) mass is 370 g/mol. The molecule has 0 aliphatic rings. The van der Waals surface area contributed by atoms with Crippen LogP contribution in [0.25, 0.3) is 0 Å². The molecule has 2 aromatic rings. The number of carbonyl (C=O) groups excluding carboxylic acids is 2. The largest absolute Gasteiger partial charge is 0.416 e. The van der Waals surface area contributed by atoms with Crippen molar-refractivity contribution >= 4 is 28.8 Å². The summed E-state index contributed by atoms with van der Waals surface area (Å²) in [6.07, 6.45) is -4.16. The minimum atomic E-state index is -4.42. The molecule has 0 radical (unpaired) electrons. The second-order valence-corrected chi connectivity index (χ2v) is 6.35. The molecule has 0 unspecified atom stereocenters. The topological polar surface area (TPSA) is 49.4 Å². The number of anilines is 1. The van der Waals surface area contributed by atoms with Crippen molar-refractivity contribution < 1.29 is 22.8 Å². The van der Waals surface area contributed by atoms with Crippen LogP contribution in [0, 0.1) is 0 Å². The van der Waals surface area contributed by atoms with Gasteiger partial charge in [-0.15, -0.1) is 11.3 Å². The van der Waals surface area contributed by atoms with Gasteiger partial charge in [0.25, 0.3) is 0 Å². The van der Waals surface area contributed by atoms with E-state index in [0.29, 0.717) is 5.69 Å². The van der Waals surface area contributed by atoms with Gasteiger partial charge in [0.1, 0.15) is 0 Å². The Morgan fingerprint density at radius 2 is 1.84 bits per heavy atom. The summed E-state index contributed by atoms with van der Waals surface area (Å²) in [7, 11) is 0. The van der Waals surface area contributed by atoms with E-state index in [-0.39, 0.29) is 31.3 Å². The Hall–Kier alpha value is -2.35. The van der Waals surface area contributed by atoms with Crippen molar-refractivity contribution in [2.45, 2.75) is 19.5 Å². The third-order valence-corrected chi connectivity index (χ3v) is 4.34. The van der Waals surface area contributed by atoms with E-state index in [1.807, 2.05) is 17.5 Å². The van der Waals surface area contributed by atoms with Crippen molar-refractivity contribution in [2.75, 3.05) is 18.0 Å². The normalized spacial score (nSPS) is 11.2. The minimum absolute atomic E-state index is 0.168. The Morgan fingerprint density at radius 1 is 1.16 bits per heavy atom. The summed E-state index contributed by atoms with van der Waals surface area (Å²) in [5, 5.41) is 4.59. The Kier molecular flexibility index (Phi) is 6.19. The van der Waals surface area contributed by atoms with Gasteiger partial charge in [-0.25, -0.2) is 0 Å². The Labute approximate surface area is 147 Å². The molecule has 1 heterocycles. The van der Waals surface area contributed by atoms with Crippen LogP contribution in [0.1, 0.15) is 17.4 Å². The van der Waals surface area contributed by atoms with Crippen molar-refractivity contribution in [2.24, 2.45) is 0 Å². The number of hydrogen-bond acceptors (Lipinski definition) is 3. The highest BCUT2D eigenvalue weighted by molar-refractivity contribution is 7.10. The van der Waals surface area contributed by atoms with E-state index in [4.69, 9.17) is 0 Å². The third-order valence-electron chi connectivity index (χ3n) is 3.46. The highest BCUT2D eigenvalue weighted by Gasteiger charge is 2.30. The zero-order chi connectivity index (χ0) is 18.4. The van der Waals surface area contributed by atoms with Crippen LogP contribution in [0.15, 0.2) is 41.8 Å². The smallest absolute Gasteiger partial charge is 0.354 e. The van der Waals surface area contributed by atoms with Gasteiger partial charge in [-0.3, -0.25) is 9.59 Å². The molecule has 25 heavy (non-hydrogen) atoms. The lowest BCUT2D eigenvalue weighted by Crippen LogP contribution is -2.38. The van der Waals surface area contributed by atoms with E-state index in [0.717, 1.165) is 17.0 Å². The van der Waals surface area contributed by atoms with Gasteiger partial charge in [-0.1, -0.05) is 6.07 Å². The van der Waals surface area contributed by atoms with E-state index in [9.17, 15) is 22.8 Å². The first kappa shape index (κ1) is 19.0. The number of halogens is 3. The molecule has 0 atom stereocenters. The molecule has 1 aromatic carbocycles. The van der Waals surface area contributed by atoms with Crippen LogP contribution in [0.2, 0.25) is 0 Å². The molecule has 0 saturated carbocycles. The number of nitrogens with one attached hydrogen (secondary N) is 1. The van der Waals surface area contributed by atoms with Crippen LogP contribution in [-0.2, 0) is 22.2 Å². The number of hydrogen-bond donors (Lipinski definition) is 1. The number of nitrogens with zero attached hydrogens (tertiary/aromatic N) is 1. The first-order valence-corrected chi connectivity index (χ1v) is 8.40. The lowest BCUT2D eigenvalue weighted by atomic mass is 10.2. The number of carbonyl (C=O) groups is 2. The number of thiophene rings is 1. The second-order valence-electron chi connectivity index (χ2n) is 5.32. The van der Waals surface area contributed by atoms with Crippen molar-refractivity contribution in [1.82, 2.24) is 5.32 Å². The number of amides is 2. The standard InChI is InChI=1S/C17H17F3N2O2S/c1-12(23)22(14-6-4-13(5-7-14)17(18,19)20)9-8-21-16(24)11-15-3-2-10-25-15/h2-7,10H,8-9,11H2,1H3,(H,21,24). The van der Waals surface area contributed by atoms with Gasteiger partial charge >= 0.3 is 6.18 Å². The molecule has 2 amide bonds. The molecule has 0 bridgehead atoms. The maximum absolute atomic E-state index is 12.6. The van der Waals surface area contributed by atoms with E-state index < -0.39 is 11.7 Å². The van der Waals surface area contributed by atoms with Gasteiger partial charge in [0.05, 0.1) is 12.0 Å². The highest BCUT2D eigenvalue weighted by Crippen LogP contribution is 2.30. The lowest BCUT2D eigenvalue weighted by molar-refractivity contribution is -0.137. The fourth-order valence-electron chi connectivity index (χ4n) is 2.24. The zero-order valence-electron chi connectivity index (χ0n) is 13.5. The molecule has 1 aromatic heterocycles. The number of alkyl halides is 3. The van der Waals surface area contributed by atoms with Crippen molar-refractivity contribution in [1.29, 1.82) is 0 Å². The molecular formula is C17H17F3N2O2S. The summed E-state index contributed by atoms with van der Waals surface area (Å²) >= 11 is 1.48. The summed E-state index contributed by atoms with van der Waals surface area (Å²) in [5.41, 5.74) is -0.419. The number of benzene rings is 1. The Balaban J connectivity index is 1.92. The second kappa shape index (κ2) is 8.15. The zero-order valence-corrected chi connectivity index (χ0v) is 14.3. The molecular weight excluding hydrogens is 353 g/mol. The third kappa shape index (κ3) is 5.60. The van der Waals surface area contributed by atoms with Gasteiger partial charge < -0.3 is 10.2 Å². The van der Waals surface area contributed by atoms with Crippen LogP contribution in [-0.4, -0.2) is 24.9 Å². The average Bonchev–Trinajstić information content (AvgIpc) is 3.03. The molecule has 2 rings (SSSR count). The fraction of sp³-hybridized carbons (Fsp3) is 0.294.